The molecule has 2 aromatic rings. The SMILES string of the molecule is CN(C)C(=O)COC[C@@H]1CN(Cc2ccc3c(c2)OCO3)Cc2cncn21. The monoisotopic (exact) mass is 372 g/mol. The maximum absolute atomic E-state index is 11.7. The van der Waals surface area contributed by atoms with Gasteiger partial charge in [-0.05, 0) is 17.7 Å². The molecule has 1 aromatic heterocycles. The van der Waals surface area contributed by atoms with Crippen LogP contribution in [0.1, 0.15) is 17.3 Å². The summed E-state index contributed by atoms with van der Waals surface area (Å²) in [7, 11) is 3.46. The smallest absolute Gasteiger partial charge is 0.248 e. The zero-order valence-corrected chi connectivity index (χ0v) is 15.6. The number of amides is 1. The van der Waals surface area contributed by atoms with E-state index in [0.29, 0.717) is 6.61 Å². The molecule has 2 aliphatic rings. The summed E-state index contributed by atoms with van der Waals surface area (Å²) in [6, 6.07) is 6.19. The third kappa shape index (κ3) is 3.91. The number of fused-ring (bicyclic) bond motifs is 2. The van der Waals surface area contributed by atoms with Crippen LogP contribution in [0.5, 0.6) is 11.5 Å². The van der Waals surface area contributed by atoms with Crippen LogP contribution >= 0.6 is 0 Å². The third-order valence-electron chi connectivity index (χ3n) is 4.87. The number of carbonyl (C=O) groups excluding carboxylic acids is 1. The van der Waals surface area contributed by atoms with Gasteiger partial charge in [0.1, 0.15) is 6.61 Å². The molecule has 0 N–H and O–H groups in total. The lowest BCUT2D eigenvalue weighted by Crippen LogP contribution is -2.39. The minimum absolute atomic E-state index is 0.0334. The van der Waals surface area contributed by atoms with E-state index in [9.17, 15) is 4.79 Å². The normalized spacial score (nSPS) is 18.4. The Bertz CT molecular complexity index is 820. The molecule has 0 saturated carbocycles. The number of likely N-dealkylation sites (N-methyl/N-ethyl adjacent to an activating group) is 1. The fraction of sp³-hybridized carbons (Fsp3) is 0.474. The van der Waals surface area contributed by atoms with Gasteiger partial charge in [0.05, 0.1) is 24.7 Å². The van der Waals surface area contributed by atoms with Crippen LogP contribution < -0.4 is 9.47 Å². The minimum atomic E-state index is -0.0334. The molecule has 0 unspecified atom stereocenters. The number of carbonyl (C=O) groups is 1. The molecule has 1 amide bonds. The Kier molecular flexibility index (Phi) is 5.00. The van der Waals surface area contributed by atoms with Crippen LogP contribution in [-0.4, -0.2) is 65.9 Å². The van der Waals surface area contributed by atoms with Gasteiger partial charge in [-0.3, -0.25) is 9.69 Å². The van der Waals surface area contributed by atoms with E-state index in [0.717, 1.165) is 36.8 Å². The first-order valence-electron chi connectivity index (χ1n) is 8.99. The summed E-state index contributed by atoms with van der Waals surface area (Å²) in [5.74, 6) is 1.57. The van der Waals surface area contributed by atoms with Crippen molar-refractivity contribution in [2.75, 3.05) is 40.6 Å². The van der Waals surface area contributed by atoms with E-state index >= 15 is 0 Å². The summed E-state index contributed by atoms with van der Waals surface area (Å²) in [5, 5.41) is 0. The Morgan fingerprint density at radius 3 is 3.04 bits per heavy atom. The molecule has 0 spiro atoms. The number of hydrogen-bond donors (Lipinski definition) is 0. The summed E-state index contributed by atoms with van der Waals surface area (Å²) >= 11 is 0. The van der Waals surface area contributed by atoms with E-state index in [4.69, 9.17) is 14.2 Å². The lowest BCUT2D eigenvalue weighted by Gasteiger charge is -2.34. The first-order chi connectivity index (χ1) is 13.1. The second-order valence-electron chi connectivity index (χ2n) is 7.11. The number of ether oxygens (including phenoxy) is 3. The van der Waals surface area contributed by atoms with E-state index in [1.165, 1.54) is 10.5 Å². The van der Waals surface area contributed by atoms with Gasteiger partial charge >= 0.3 is 0 Å². The maximum atomic E-state index is 11.7. The average Bonchev–Trinajstić information content (AvgIpc) is 3.29. The summed E-state index contributed by atoms with van der Waals surface area (Å²) < 4.78 is 18.7. The molecule has 0 radical (unpaired) electrons. The Balaban J connectivity index is 1.41. The number of rotatable bonds is 6. The van der Waals surface area contributed by atoms with Crippen molar-refractivity contribution in [1.29, 1.82) is 0 Å². The van der Waals surface area contributed by atoms with Gasteiger partial charge in [-0.25, -0.2) is 4.98 Å². The second-order valence-corrected chi connectivity index (χ2v) is 7.11. The van der Waals surface area contributed by atoms with Crippen molar-refractivity contribution in [2.45, 2.75) is 19.1 Å². The predicted molar refractivity (Wildman–Crippen MR) is 97.5 cm³/mol. The van der Waals surface area contributed by atoms with Gasteiger partial charge < -0.3 is 23.7 Å². The molecular formula is C19H24N4O4. The van der Waals surface area contributed by atoms with Gasteiger partial charge in [0, 0.05) is 39.9 Å². The van der Waals surface area contributed by atoms with Crippen molar-refractivity contribution in [3.8, 4) is 11.5 Å². The number of imidazole rings is 1. The van der Waals surface area contributed by atoms with Gasteiger partial charge in [-0.15, -0.1) is 0 Å². The highest BCUT2D eigenvalue weighted by atomic mass is 16.7. The van der Waals surface area contributed by atoms with Gasteiger partial charge in [0.25, 0.3) is 0 Å². The highest BCUT2D eigenvalue weighted by Crippen LogP contribution is 2.33. The van der Waals surface area contributed by atoms with Crippen LogP contribution in [0, 0.1) is 0 Å². The first-order valence-corrected chi connectivity index (χ1v) is 8.99. The quantitative estimate of drug-likeness (QED) is 0.761. The van der Waals surface area contributed by atoms with Gasteiger partial charge in [0.15, 0.2) is 11.5 Å². The molecule has 0 saturated heterocycles. The van der Waals surface area contributed by atoms with Crippen LogP contribution in [0.15, 0.2) is 30.7 Å². The topological polar surface area (TPSA) is 69.1 Å². The zero-order chi connectivity index (χ0) is 18.8. The van der Waals surface area contributed by atoms with Crippen LogP contribution in [-0.2, 0) is 22.6 Å². The standard InChI is InChI=1S/C19H24N4O4/c1-21(2)19(24)11-25-10-16-9-22(8-15-6-20-12-23(15)16)7-14-3-4-17-18(5-14)27-13-26-17/h3-6,12,16H,7-11,13H2,1-2H3/t16-/m0/s1. The molecule has 8 heteroatoms. The van der Waals surface area contributed by atoms with Crippen LogP contribution in [0.4, 0.5) is 0 Å². The lowest BCUT2D eigenvalue weighted by molar-refractivity contribution is -0.134. The lowest BCUT2D eigenvalue weighted by atomic mass is 10.1. The Hall–Kier alpha value is -2.58. The fourth-order valence-electron chi connectivity index (χ4n) is 3.43. The molecule has 3 heterocycles. The second kappa shape index (κ2) is 7.58. The van der Waals surface area contributed by atoms with Gasteiger partial charge in [-0.1, -0.05) is 6.07 Å². The molecule has 0 fully saturated rings. The van der Waals surface area contributed by atoms with Crippen molar-refractivity contribution in [3.05, 3.63) is 42.0 Å². The average molecular weight is 372 g/mol. The number of aromatic nitrogens is 2. The van der Waals surface area contributed by atoms with Crippen molar-refractivity contribution in [1.82, 2.24) is 19.4 Å². The Labute approximate surface area is 158 Å². The first kappa shape index (κ1) is 17.8. The van der Waals surface area contributed by atoms with Crippen molar-refractivity contribution in [3.63, 3.8) is 0 Å². The molecule has 1 atom stereocenters. The fourth-order valence-corrected chi connectivity index (χ4v) is 3.43. The Morgan fingerprint density at radius 2 is 2.19 bits per heavy atom. The molecule has 8 nitrogen and oxygen atoms in total. The van der Waals surface area contributed by atoms with Crippen LogP contribution in [0.25, 0.3) is 0 Å². The van der Waals surface area contributed by atoms with E-state index < -0.39 is 0 Å². The predicted octanol–water partition coefficient (Wildman–Crippen LogP) is 1.27. The number of nitrogens with zero attached hydrogens (tertiary/aromatic N) is 4. The van der Waals surface area contributed by atoms with E-state index in [1.54, 1.807) is 14.1 Å². The van der Waals surface area contributed by atoms with Crippen LogP contribution in [0.2, 0.25) is 0 Å². The molecule has 27 heavy (non-hydrogen) atoms. The minimum Gasteiger partial charge on any atom is -0.454 e. The molecule has 2 aliphatic heterocycles. The number of hydrogen-bond acceptors (Lipinski definition) is 6. The third-order valence-corrected chi connectivity index (χ3v) is 4.87. The maximum Gasteiger partial charge on any atom is 0.248 e. The van der Waals surface area contributed by atoms with Crippen molar-refractivity contribution in [2.24, 2.45) is 0 Å². The molecule has 0 bridgehead atoms. The van der Waals surface area contributed by atoms with Crippen LogP contribution in [0.3, 0.4) is 0 Å². The summed E-state index contributed by atoms with van der Waals surface area (Å²) in [6.45, 7) is 3.30. The van der Waals surface area contributed by atoms with Gasteiger partial charge in [-0.2, -0.15) is 0 Å². The van der Waals surface area contributed by atoms with E-state index in [2.05, 4.69) is 20.5 Å². The van der Waals surface area contributed by atoms with Gasteiger partial charge in [0.2, 0.25) is 12.7 Å². The Morgan fingerprint density at radius 1 is 1.33 bits per heavy atom. The molecule has 0 aliphatic carbocycles. The van der Waals surface area contributed by atoms with E-state index in [1.807, 2.05) is 24.7 Å². The molecule has 1 aromatic carbocycles. The van der Waals surface area contributed by atoms with Crippen molar-refractivity contribution < 1.29 is 19.0 Å². The zero-order valence-electron chi connectivity index (χ0n) is 15.6. The largest absolute Gasteiger partial charge is 0.454 e. The summed E-state index contributed by atoms with van der Waals surface area (Å²) in [4.78, 5) is 19.9. The summed E-state index contributed by atoms with van der Waals surface area (Å²) in [5.41, 5.74) is 2.32. The molecular weight excluding hydrogens is 348 g/mol. The number of benzene rings is 1. The highest BCUT2D eigenvalue weighted by Gasteiger charge is 2.26. The molecule has 144 valence electrons. The summed E-state index contributed by atoms with van der Waals surface area (Å²) in [6.07, 6.45) is 3.73. The van der Waals surface area contributed by atoms with E-state index in [-0.39, 0.29) is 25.3 Å². The molecule has 4 rings (SSSR count). The van der Waals surface area contributed by atoms with Crippen molar-refractivity contribution >= 4 is 5.91 Å². The highest BCUT2D eigenvalue weighted by molar-refractivity contribution is 5.76.